The molecule has 1 heterocycles. The van der Waals surface area contributed by atoms with Gasteiger partial charge in [-0.05, 0) is 0 Å². The van der Waals surface area contributed by atoms with Crippen LogP contribution in [0.2, 0.25) is 5.15 Å². The summed E-state index contributed by atoms with van der Waals surface area (Å²) in [5, 5.41) is 12.0. The maximum absolute atomic E-state index is 10.6. The summed E-state index contributed by atoms with van der Waals surface area (Å²) >= 11 is 5.74. The van der Waals surface area contributed by atoms with Gasteiger partial charge in [0.05, 0.1) is 13.7 Å². The molecule has 1 aromatic heterocycles. The van der Waals surface area contributed by atoms with Gasteiger partial charge in [-0.1, -0.05) is 11.6 Å². The zero-order chi connectivity index (χ0) is 12.1. The third-order valence-corrected chi connectivity index (χ3v) is 2.02. The number of rotatable bonds is 5. The van der Waals surface area contributed by atoms with Gasteiger partial charge >= 0.3 is 0 Å². The standard InChI is InChI=1S/C8H11ClN4O3/c1-16-5-6(9)12-3-13-8(5)11-2-4(14)7(10)15/h3-4,14H,2H2,1H3,(H2,10,15)(H,11,12,13). The molecule has 0 radical (unpaired) electrons. The summed E-state index contributed by atoms with van der Waals surface area (Å²) in [6, 6.07) is 0. The molecule has 1 unspecified atom stereocenters. The molecule has 0 aliphatic rings. The highest BCUT2D eigenvalue weighted by atomic mass is 35.5. The van der Waals surface area contributed by atoms with E-state index < -0.39 is 12.0 Å². The number of nitrogens with zero attached hydrogens (tertiary/aromatic N) is 2. The van der Waals surface area contributed by atoms with Crippen LogP contribution in [-0.2, 0) is 4.79 Å². The molecular weight excluding hydrogens is 236 g/mol. The number of hydrogen-bond donors (Lipinski definition) is 3. The fourth-order valence-electron chi connectivity index (χ4n) is 0.953. The van der Waals surface area contributed by atoms with Gasteiger partial charge in [0.15, 0.2) is 16.7 Å². The normalized spacial score (nSPS) is 11.9. The highest BCUT2D eigenvalue weighted by Crippen LogP contribution is 2.27. The van der Waals surface area contributed by atoms with E-state index in [4.69, 9.17) is 27.2 Å². The van der Waals surface area contributed by atoms with Crippen LogP contribution < -0.4 is 15.8 Å². The minimum atomic E-state index is -1.31. The van der Waals surface area contributed by atoms with Gasteiger partial charge in [-0.2, -0.15) is 0 Å². The van der Waals surface area contributed by atoms with Crippen LogP contribution in [0.15, 0.2) is 6.33 Å². The van der Waals surface area contributed by atoms with Gasteiger partial charge in [0.1, 0.15) is 12.4 Å². The Balaban J connectivity index is 2.74. The van der Waals surface area contributed by atoms with Crippen LogP contribution in [0.4, 0.5) is 5.82 Å². The molecule has 0 aromatic carbocycles. The Kier molecular flexibility index (Phi) is 4.27. The highest BCUT2D eigenvalue weighted by Gasteiger charge is 2.14. The molecule has 7 nitrogen and oxygen atoms in total. The molecule has 1 atom stereocenters. The number of nitrogens with two attached hydrogens (primary N) is 1. The molecule has 0 fully saturated rings. The van der Waals surface area contributed by atoms with Crippen LogP contribution in [0.5, 0.6) is 5.75 Å². The van der Waals surface area contributed by atoms with Crippen molar-refractivity contribution in [3.8, 4) is 5.75 Å². The lowest BCUT2D eigenvalue weighted by Gasteiger charge is -2.12. The predicted molar refractivity (Wildman–Crippen MR) is 57.3 cm³/mol. The van der Waals surface area contributed by atoms with Crippen molar-refractivity contribution in [1.29, 1.82) is 0 Å². The van der Waals surface area contributed by atoms with Crippen LogP contribution in [0, 0.1) is 0 Å². The minimum absolute atomic E-state index is 0.0843. The van der Waals surface area contributed by atoms with Gasteiger partial charge in [0.25, 0.3) is 0 Å². The second-order valence-corrected chi connectivity index (χ2v) is 3.20. The molecule has 0 saturated carbocycles. The number of aliphatic hydroxyl groups is 1. The molecule has 4 N–H and O–H groups in total. The fraction of sp³-hybridized carbons (Fsp3) is 0.375. The van der Waals surface area contributed by atoms with Crippen LogP contribution in [0.3, 0.4) is 0 Å². The maximum Gasteiger partial charge on any atom is 0.248 e. The van der Waals surface area contributed by atoms with Crippen LogP contribution in [0.25, 0.3) is 0 Å². The first-order chi connectivity index (χ1) is 7.56. The van der Waals surface area contributed by atoms with Gasteiger partial charge in [-0.25, -0.2) is 9.97 Å². The summed E-state index contributed by atoms with van der Waals surface area (Å²) in [4.78, 5) is 18.1. The Morgan fingerprint density at radius 1 is 1.75 bits per heavy atom. The lowest BCUT2D eigenvalue weighted by atomic mass is 10.3. The van der Waals surface area contributed by atoms with Crippen molar-refractivity contribution in [3.63, 3.8) is 0 Å². The van der Waals surface area contributed by atoms with E-state index in [0.717, 1.165) is 0 Å². The quantitative estimate of drug-likeness (QED) is 0.598. The number of amides is 1. The molecular formula is C8H11ClN4O3. The zero-order valence-electron chi connectivity index (χ0n) is 8.48. The van der Waals surface area contributed by atoms with E-state index in [0.29, 0.717) is 0 Å². The van der Waals surface area contributed by atoms with E-state index in [1.807, 2.05) is 0 Å². The largest absolute Gasteiger partial charge is 0.490 e. The van der Waals surface area contributed by atoms with Crippen molar-refractivity contribution in [2.75, 3.05) is 19.0 Å². The predicted octanol–water partition coefficient (Wildman–Crippen LogP) is -0.603. The Morgan fingerprint density at radius 3 is 3.00 bits per heavy atom. The van der Waals surface area contributed by atoms with Gasteiger partial charge in [0, 0.05) is 0 Å². The first-order valence-corrected chi connectivity index (χ1v) is 4.69. The third-order valence-electron chi connectivity index (χ3n) is 1.76. The van der Waals surface area contributed by atoms with Crippen molar-refractivity contribution in [2.24, 2.45) is 5.73 Å². The molecule has 8 heteroatoms. The summed E-state index contributed by atoms with van der Waals surface area (Å²) < 4.78 is 4.95. The second-order valence-electron chi connectivity index (χ2n) is 2.85. The molecule has 16 heavy (non-hydrogen) atoms. The maximum atomic E-state index is 10.6. The number of anilines is 1. The fourth-order valence-corrected chi connectivity index (χ4v) is 1.16. The summed E-state index contributed by atoms with van der Waals surface area (Å²) in [6.45, 7) is -0.0843. The summed E-state index contributed by atoms with van der Waals surface area (Å²) in [6.07, 6.45) is -0.0810. The van der Waals surface area contributed by atoms with Gasteiger partial charge in [-0.15, -0.1) is 0 Å². The number of carbonyl (C=O) groups is 1. The number of nitrogens with one attached hydrogen (secondary N) is 1. The van der Waals surface area contributed by atoms with Gasteiger partial charge < -0.3 is 20.9 Å². The molecule has 1 rings (SSSR count). The molecule has 0 aliphatic heterocycles. The Bertz CT molecular complexity index is 388. The van der Waals surface area contributed by atoms with Crippen LogP contribution in [0.1, 0.15) is 0 Å². The number of ether oxygens (including phenoxy) is 1. The van der Waals surface area contributed by atoms with Crippen molar-refractivity contribution >= 4 is 23.3 Å². The molecule has 0 spiro atoms. The number of halogens is 1. The first kappa shape index (κ1) is 12.5. The lowest BCUT2D eigenvalue weighted by molar-refractivity contribution is -0.125. The van der Waals surface area contributed by atoms with E-state index in [2.05, 4.69) is 15.3 Å². The van der Waals surface area contributed by atoms with Crippen molar-refractivity contribution in [2.45, 2.75) is 6.10 Å². The smallest absolute Gasteiger partial charge is 0.248 e. The molecule has 1 amide bonds. The molecule has 0 aliphatic carbocycles. The van der Waals surface area contributed by atoms with E-state index >= 15 is 0 Å². The van der Waals surface area contributed by atoms with Gasteiger partial charge in [-0.3, -0.25) is 4.79 Å². The van der Waals surface area contributed by atoms with E-state index in [1.165, 1.54) is 13.4 Å². The Labute approximate surface area is 96.6 Å². The third kappa shape index (κ3) is 2.94. The van der Waals surface area contributed by atoms with Crippen LogP contribution in [-0.4, -0.2) is 40.7 Å². The Morgan fingerprint density at radius 2 is 2.44 bits per heavy atom. The highest BCUT2D eigenvalue weighted by molar-refractivity contribution is 6.31. The molecule has 1 aromatic rings. The summed E-state index contributed by atoms with van der Waals surface area (Å²) in [7, 11) is 1.40. The molecule has 0 saturated heterocycles. The average molecular weight is 247 g/mol. The van der Waals surface area contributed by atoms with E-state index in [9.17, 15) is 4.79 Å². The molecule has 88 valence electrons. The Hall–Kier alpha value is -1.60. The number of carbonyl (C=O) groups excluding carboxylic acids is 1. The van der Waals surface area contributed by atoms with Crippen molar-refractivity contribution < 1.29 is 14.6 Å². The first-order valence-electron chi connectivity index (χ1n) is 4.32. The van der Waals surface area contributed by atoms with Crippen molar-refractivity contribution in [1.82, 2.24) is 9.97 Å². The summed E-state index contributed by atoms with van der Waals surface area (Å²) in [5.74, 6) is -0.310. The van der Waals surface area contributed by atoms with Gasteiger partial charge in [0.2, 0.25) is 5.91 Å². The average Bonchev–Trinajstić information content (AvgIpc) is 2.25. The SMILES string of the molecule is COc1c(Cl)ncnc1NCC(O)C(N)=O. The number of primary amides is 1. The minimum Gasteiger partial charge on any atom is -0.490 e. The number of aromatic nitrogens is 2. The van der Waals surface area contributed by atoms with Crippen LogP contribution >= 0.6 is 11.6 Å². The lowest BCUT2D eigenvalue weighted by Crippen LogP contribution is -2.34. The summed E-state index contributed by atoms with van der Waals surface area (Å²) in [5.41, 5.74) is 4.88. The number of methoxy groups -OCH3 is 1. The van der Waals surface area contributed by atoms with E-state index in [1.54, 1.807) is 0 Å². The van der Waals surface area contributed by atoms with Crippen molar-refractivity contribution in [3.05, 3.63) is 11.5 Å². The number of hydrogen-bond acceptors (Lipinski definition) is 6. The second kappa shape index (κ2) is 5.47. The molecule has 0 bridgehead atoms. The number of aliphatic hydroxyl groups excluding tert-OH is 1. The zero-order valence-corrected chi connectivity index (χ0v) is 9.23. The van der Waals surface area contributed by atoms with E-state index in [-0.39, 0.29) is 23.3 Å². The topological polar surface area (TPSA) is 110 Å². The monoisotopic (exact) mass is 246 g/mol.